The molecule has 70 valence electrons. The van der Waals surface area contributed by atoms with Gasteiger partial charge in [-0.1, -0.05) is 15.9 Å². The van der Waals surface area contributed by atoms with Crippen LogP contribution in [0.25, 0.3) is 0 Å². The Bertz CT molecular complexity index is 336. The van der Waals surface area contributed by atoms with E-state index in [9.17, 15) is 4.79 Å². The number of carbonyl (C=O) groups excluding carboxylic acids is 1. The summed E-state index contributed by atoms with van der Waals surface area (Å²) >= 11 is 3.41. The van der Waals surface area contributed by atoms with Crippen molar-refractivity contribution < 1.29 is 4.79 Å². The van der Waals surface area contributed by atoms with Crippen molar-refractivity contribution in [3.05, 3.63) is 28.2 Å². The zero-order chi connectivity index (χ0) is 10.0. The first-order valence-corrected chi connectivity index (χ1v) is 4.82. The number of rotatable bonds is 1. The van der Waals surface area contributed by atoms with Crippen molar-refractivity contribution in [2.24, 2.45) is 0 Å². The zero-order valence-corrected chi connectivity index (χ0v) is 9.55. The van der Waals surface area contributed by atoms with Crippen LogP contribution in [0.1, 0.15) is 12.5 Å². The summed E-state index contributed by atoms with van der Waals surface area (Å²) in [6.07, 6.45) is 0. The highest BCUT2D eigenvalue weighted by Gasteiger charge is 2.05. The van der Waals surface area contributed by atoms with Crippen LogP contribution in [0.4, 0.5) is 5.69 Å². The molecular weight excluding hydrogens is 230 g/mol. The fourth-order valence-electron chi connectivity index (χ4n) is 1.02. The number of hydrogen-bond donors (Lipinski definition) is 0. The molecule has 1 amide bonds. The number of anilines is 1. The topological polar surface area (TPSA) is 20.3 Å². The van der Waals surface area contributed by atoms with Crippen LogP contribution in [0, 0.1) is 6.92 Å². The fourth-order valence-corrected chi connectivity index (χ4v) is 1.27. The molecule has 3 heteroatoms. The molecule has 1 rings (SSSR count). The van der Waals surface area contributed by atoms with Crippen LogP contribution < -0.4 is 4.90 Å². The third kappa shape index (κ3) is 2.31. The van der Waals surface area contributed by atoms with E-state index in [1.165, 1.54) is 0 Å². The Labute approximate surface area is 86.7 Å². The Balaban J connectivity index is 3.03. The van der Waals surface area contributed by atoms with E-state index >= 15 is 0 Å². The van der Waals surface area contributed by atoms with Crippen LogP contribution in [0.3, 0.4) is 0 Å². The van der Waals surface area contributed by atoms with Crippen LogP contribution >= 0.6 is 15.9 Å². The Kier molecular flexibility index (Phi) is 3.09. The fraction of sp³-hybridized carbons (Fsp3) is 0.300. The smallest absolute Gasteiger partial charge is 0.223 e. The monoisotopic (exact) mass is 241 g/mol. The minimum Gasteiger partial charge on any atom is -0.316 e. The van der Waals surface area contributed by atoms with E-state index in [4.69, 9.17) is 0 Å². The molecule has 0 heterocycles. The molecule has 0 unspecified atom stereocenters. The number of aryl methyl sites for hydroxylation is 1. The second-order valence-electron chi connectivity index (χ2n) is 3.01. The van der Waals surface area contributed by atoms with Gasteiger partial charge in [0.2, 0.25) is 5.91 Å². The summed E-state index contributed by atoms with van der Waals surface area (Å²) in [5.41, 5.74) is 2.05. The lowest BCUT2D eigenvalue weighted by Gasteiger charge is -2.15. The lowest BCUT2D eigenvalue weighted by atomic mass is 10.2. The molecule has 1 aromatic rings. The van der Waals surface area contributed by atoms with Crippen molar-refractivity contribution in [3.63, 3.8) is 0 Å². The lowest BCUT2D eigenvalue weighted by Crippen LogP contribution is -2.22. The molecule has 0 saturated heterocycles. The maximum Gasteiger partial charge on any atom is 0.223 e. The Morgan fingerprint density at radius 1 is 1.46 bits per heavy atom. The van der Waals surface area contributed by atoms with E-state index in [-0.39, 0.29) is 5.91 Å². The van der Waals surface area contributed by atoms with Gasteiger partial charge in [-0.3, -0.25) is 4.79 Å². The molecule has 0 aliphatic heterocycles. The first-order valence-electron chi connectivity index (χ1n) is 4.03. The van der Waals surface area contributed by atoms with Gasteiger partial charge in [-0.2, -0.15) is 0 Å². The number of nitrogens with zero attached hydrogens (tertiary/aromatic N) is 1. The van der Waals surface area contributed by atoms with Gasteiger partial charge < -0.3 is 4.90 Å². The van der Waals surface area contributed by atoms with E-state index in [1.54, 1.807) is 18.9 Å². The predicted molar refractivity (Wildman–Crippen MR) is 58.0 cm³/mol. The molecule has 13 heavy (non-hydrogen) atoms. The van der Waals surface area contributed by atoms with E-state index < -0.39 is 0 Å². The lowest BCUT2D eigenvalue weighted by molar-refractivity contribution is -0.116. The van der Waals surface area contributed by atoms with Gasteiger partial charge in [-0.05, 0) is 30.7 Å². The average molecular weight is 242 g/mol. The molecule has 0 atom stereocenters. The summed E-state index contributed by atoms with van der Waals surface area (Å²) in [6, 6.07) is 5.84. The van der Waals surface area contributed by atoms with Crippen molar-refractivity contribution in [1.82, 2.24) is 0 Å². The summed E-state index contributed by atoms with van der Waals surface area (Å²) in [5, 5.41) is 0. The number of benzene rings is 1. The standard InChI is InChI=1S/C10H12BrNO/c1-7-6-9(4-5-10(7)11)12(3)8(2)13/h4-6H,1-3H3. The normalized spacial score (nSPS) is 9.85. The molecule has 0 spiro atoms. The van der Waals surface area contributed by atoms with Crippen LogP contribution in [0.15, 0.2) is 22.7 Å². The highest BCUT2D eigenvalue weighted by atomic mass is 79.9. The molecule has 0 saturated carbocycles. The Morgan fingerprint density at radius 3 is 2.54 bits per heavy atom. The molecule has 0 aromatic heterocycles. The van der Waals surface area contributed by atoms with Gasteiger partial charge in [-0.25, -0.2) is 0 Å². The number of hydrogen-bond acceptors (Lipinski definition) is 1. The molecule has 0 fully saturated rings. The van der Waals surface area contributed by atoms with Crippen LogP contribution in [-0.2, 0) is 4.79 Å². The number of amides is 1. The quantitative estimate of drug-likeness (QED) is 0.741. The molecule has 0 N–H and O–H groups in total. The second-order valence-corrected chi connectivity index (χ2v) is 3.87. The highest BCUT2D eigenvalue weighted by molar-refractivity contribution is 9.10. The predicted octanol–water partition coefficient (Wildman–Crippen LogP) is 2.74. The van der Waals surface area contributed by atoms with Gasteiger partial charge in [0.15, 0.2) is 0 Å². The van der Waals surface area contributed by atoms with Gasteiger partial charge in [0.05, 0.1) is 0 Å². The minimum absolute atomic E-state index is 0.0433. The average Bonchev–Trinajstić information content (AvgIpc) is 2.08. The Morgan fingerprint density at radius 2 is 2.08 bits per heavy atom. The highest BCUT2D eigenvalue weighted by Crippen LogP contribution is 2.22. The van der Waals surface area contributed by atoms with Crippen LogP contribution in [0.2, 0.25) is 0 Å². The second kappa shape index (κ2) is 3.92. The minimum atomic E-state index is 0.0433. The van der Waals surface area contributed by atoms with Crippen LogP contribution in [-0.4, -0.2) is 13.0 Å². The van der Waals surface area contributed by atoms with Crippen molar-refractivity contribution in [2.45, 2.75) is 13.8 Å². The molecule has 0 aliphatic rings. The van der Waals surface area contributed by atoms with E-state index in [0.717, 1.165) is 15.7 Å². The van der Waals surface area contributed by atoms with E-state index in [0.29, 0.717) is 0 Å². The summed E-state index contributed by atoms with van der Waals surface area (Å²) in [4.78, 5) is 12.7. The van der Waals surface area contributed by atoms with E-state index in [2.05, 4.69) is 15.9 Å². The van der Waals surface area contributed by atoms with Gasteiger partial charge >= 0.3 is 0 Å². The van der Waals surface area contributed by atoms with Gasteiger partial charge in [0, 0.05) is 24.1 Å². The maximum atomic E-state index is 11.1. The first kappa shape index (κ1) is 10.3. The van der Waals surface area contributed by atoms with Gasteiger partial charge in [0.25, 0.3) is 0 Å². The number of halogens is 1. The molecule has 1 aromatic carbocycles. The molecule has 0 bridgehead atoms. The first-order chi connectivity index (χ1) is 6.02. The van der Waals surface area contributed by atoms with Crippen LogP contribution in [0.5, 0.6) is 0 Å². The van der Waals surface area contributed by atoms with Gasteiger partial charge in [-0.15, -0.1) is 0 Å². The molecular formula is C10H12BrNO. The molecule has 0 aliphatic carbocycles. The maximum absolute atomic E-state index is 11.1. The number of carbonyl (C=O) groups is 1. The SMILES string of the molecule is CC(=O)N(C)c1ccc(Br)c(C)c1. The largest absolute Gasteiger partial charge is 0.316 e. The Hall–Kier alpha value is -0.830. The van der Waals surface area contributed by atoms with Crippen molar-refractivity contribution in [2.75, 3.05) is 11.9 Å². The van der Waals surface area contributed by atoms with Crippen molar-refractivity contribution >= 4 is 27.5 Å². The molecule has 0 radical (unpaired) electrons. The summed E-state index contributed by atoms with van der Waals surface area (Å²) in [5.74, 6) is 0.0433. The summed E-state index contributed by atoms with van der Waals surface area (Å²) in [7, 11) is 1.77. The van der Waals surface area contributed by atoms with Crippen molar-refractivity contribution in [1.29, 1.82) is 0 Å². The third-order valence-electron chi connectivity index (χ3n) is 2.00. The third-order valence-corrected chi connectivity index (χ3v) is 2.89. The summed E-state index contributed by atoms with van der Waals surface area (Å²) in [6.45, 7) is 3.55. The zero-order valence-electron chi connectivity index (χ0n) is 7.97. The summed E-state index contributed by atoms with van der Waals surface area (Å²) < 4.78 is 1.06. The van der Waals surface area contributed by atoms with E-state index in [1.807, 2.05) is 25.1 Å². The van der Waals surface area contributed by atoms with Gasteiger partial charge in [0.1, 0.15) is 0 Å². The molecule has 2 nitrogen and oxygen atoms in total. The van der Waals surface area contributed by atoms with Crippen molar-refractivity contribution in [3.8, 4) is 0 Å².